The molecule has 2 heterocycles. The number of nitrogen functional groups attached to an aromatic ring is 1. The number of fused-ring (bicyclic) bond motifs is 1. The second-order valence-electron chi connectivity index (χ2n) is 6.58. The largest absolute Gasteiger partial charge is 0.508 e. The molecule has 176 valence electrons. The van der Waals surface area contributed by atoms with E-state index in [4.69, 9.17) is 34.3 Å². The molecule has 0 saturated heterocycles. The van der Waals surface area contributed by atoms with E-state index in [1.54, 1.807) is 13.8 Å². The molecule has 2 aromatic heterocycles. The first-order valence-electron chi connectivity index (χ1n) is 9.39. The molecule has 0 saturated carbocycles. The Labute approximate surface area is 183 Å². The van der Waals surface area contributed by atoms with Crippen molar-refractivity contribution in [2.45, 2.75) is 45.2 Å². The van der Waals surface area contributed by atoms with Crippen LogP contribution in [0.25, 0.3) is 5.52 Å². The molecule has 1 unspecified atom stereocenters. The lowest BCUT2D eigenvalue weighted by Gasteiger charge is -2.29. The molecule has 0 amide bonds. The van der Waals surface area contributed by atoms with Gasteiger partial charge in [-0.1, -0.05) is 0 Å². The number of hydrogen-bond donors (Lipinski definition) is 3. The predicted molar refractivity (Wildman–Crippen MR) is 107 cm³/mol. The summed E-state index contributed by atoms with van der Waals surface area (Å²) in [5.41, 5.74) is 6.19. The molecule has 32 heavy (non-hydrogen) atoms. The third kappa shape index (κ3) is 6.52. The van der Waals surface area contributed by atoms with Gasteiger partial charge in [0.15, 0.2) is 11.9 Å². The minimum Gasteiger partial charge on any atom is -0.432 e. The molecule has 4 N–H and O–H groups in total. The summed E-state index contributed by atoms with van der Waals surface area (Å²) < 4.78 is 37.9. The van der Waals surface area contributed by atoms with E-state index in [0.717, 1.165) is 6.33 Å². The highest BCUT2D eigenvalue weighted by molar-refractivity contribution is 7.47. The van der Waals surface area contributed by atoms with Crippen molar-refractivity contribution in [3.63, 3.8) is 0 Å². The molecule has 0 spiro atoms. The zero-order valence-corrected chi connectivity index (χ0v) is 18.4. The van der Waals surface area contributed by atoms with Gasteiger partial charge in [-0.05, 0) is 32.9 Å². The van der Waals surface area contributed by atoms with Crippen molar-refractivity contribution < 1.29 is 42.6 Å². The van der Waals surface area contributed by atoms with Crippen molar-refractivity contribution >= 4 is 25.3 Å². The Bertz CT molecular complexity index is 1010. The number of phosphoric ester groups is 1. The van der Waals surface area contributed by atoms with Crippen LogP contribution in [0.3, 0.4) is 0 Å². The van der Waals surface area contributed by atoms with E-state index in [1.165, 1.54) is 29.8 Å². The number of aromatic nitrogens is 3. The lowest BCUT2D eigenvalue weighted by molar-refractivity contribution is -0.0864. The van der Waals surface area contributed by atoms with Crippen LogP contribution < -0.4 is 5.73 Å². The summed E-state index contributed by atoms with van der Waals surface area (Å²) in [5.74, 6) is 0.114. The van der Waals surface area contributed by atoms with Crippen LogP contribution >= 0.6 is 7.82 Å². The van der Waals surface area contributed by atoms with Crippen LogP contribution in [-0.2, 0) is 27.8 Å². The molecular formula is C17H24N5O9P. The van der Waals surface area contributed by atoms with Gasteiger partial charge in [-0.3, -0.25) is 9.05 Å². The fourth-order valence-electron chi connectivity index (χ4n) is 2.68. The molecule has 0 radical (unpaired) electrons. The Morgan fingerprint density at radius 1 is 1.41 bits per heavy atom. The van der Waals surface area contributed by atoms with E-state index in [1.807, 2.05) is 0 Å². The predicted octanol–water partition coefficient (Wildman–Crippen LogP) is 1.29. The molecule has 15 heteroatoms. The molecule has 2 aromatic rings. The van der Waals surface area contributed by atoms with Gasteiger partial charge in [0, 0.05) is 0 Å². The van der Waals surface area contributed by atoms with Crippen molar-refractivity contribution in [3.8, 4) is 6.26 Å². The zero-order valence-electron chi connectivity index (χ0n) is 17.5. The van der Waals surface area contributed by atoms with Crippen LogP contribution in [0, 0.1) is 11.5 Å². The van der Waals surface area contributed by atoms with Crippen molar-refractivity contribution in [2.75, 3.05) is 18.9 Å². The van der Waals surface area contributed by atoms with Gasteiger partial charge in [-0.15, -0.1) is 0 Å². The average Bonchev–Trinajstić information content (AvgIpc) is 3.14. The Balaban J connectivity index is 2.39. The van der Waals surface area contributed by atoms with Gasteiger partial charge in [0.25, 0.3) is 6.26 Å². The first-order chi connectivity index (χ1) is 15.1. The lowest BCUT2D eigenvalue weighted by atomic mass is 10.1. The van der Waals surface area contributed by atoms with E-state index in [9.17, 15) is 19.4 Å². The van der Waals surface area contributed by atoms with E-state index < -0.39 is 45.0 Å². The van der Waals surface area contributed by atoms with Crippen molar-refractivity contribution in [2.24, 2.45) is 0 Å². The number of anilines is 1. The van der Waals surface area contributed by atoms with Crippen LogP contribution in [0.4, 0.5) is 10.6 Å². The van der Waals surface area contributed by atoms with E-state index in [0.29, 0.717) is 5.52 Å². The van der Waals surface area contributed by atoms with Gasteiger partial charge in [0.1, 0.15) is 30.7 Å². The van der Waals surface area contributed by atoms with Gasteiger partial charge in [-0.2, -0.15) is 10.4 Å². The molecule has 0 aliphatic carbocycles. The molecule has 14 nitrogen and oxygen atoms in total. The normalized spacial score (nSPS) is 16.0. The molecule has 0 aromatic carbocycles. The quantitative estimate of drug-likeness (QED) is 0.240. The maximum atomic E-state index is 12.3. The molecule has 2 rings (SSSR count). The molecule has 0 fully saturated rings. The number of ether oxygens (including phenoxy) is 3. The number of nitriles is 1. The third-order valence-corrected chi connectivity index (χ3v) is 5.03. The standard InChI is InChI=1S/C17H24N5O9P/c1-4-29-32(25,26)31-15(13(28-8-18)7-27-17(24)30-10(2)3)14(23)11-5-6-12-16(19)20-9-21-22(11)12/h5-6,9-10,13-15,23H,4,7H2,1-3H3,(H,25,26)(H2,19,20,21)/t13-,14+,15-/m1/s1. The van der Waals surface area contributed by atoms with Crippen molar-refractivity contribution in [3.05, 3.63) is 24.2 Å². The first-order valence-corrected chi connectivity index (χ1v) is 10.9. The monoisotopic (exact) mass is 473 g/mol. The van der Waals surface area contributed by atoms with E-state index in [-0.39, 0.29) is 18.1 Å². The van der Waals surface area contributed by atoms with Crippen LogP contribution in [0.15, 0.2) is 18.5 Å². The van der Waals surface area contributed by atoms with Crippen molar-refractivity contribution in [1.82, 2.24) is 14.6 Å². The Morgan fingerprint density at radius 3 is 2.75 bits per heavy atom. The summed E-state index contributed by atoms with van der Waals surface area (Å²) in [5, 5.41) is 24.0. The number of carbonyl (C=O) groups is 1. The van der Waals surface area contributed by atoms with Crippen LogP contribution in [0.1, 0.15) is 32.6 Å². The number of rotatable bonds is 11. The maximum Gasteiger partial charge on any atom is 0.508 e. The minimum atomic E-state index is -4.71. The zero-order chi connectivity index (χ0) is 23.9. The van der Waals surface area contributed by atoms with Gasteiger partial charge in [0.2, 0.25) is 0 Å². The highest BCUT2D eigenvalue weighted by Gasteiger charge is 2.41. The second kappa shape index (κ2) is 11.1. The topological polar surface area (TPSA) is 201 Å². The number of nitrogens with zero attached hydrogens (tertiary/aromatic N) is 4. The van der Waals surface area contributed by atoms with Gasteiger partial charge < -0.3 is 29.9 Å². The smallest absolute Gasteiger partial charge is 0.432 e. The van der Waals surface area contributed by atoms with Crippen molar-refractivity contribution in [1.29, 1.82) is 5.26 Å². The van der Waals surface area contributed by atoms with Crippen LogP contribution in [0.2, 0.25) is 0 Å². The Hall–Kier alpha value is -2.95. The number of aliphatic hydroxyl groups excluding tert-OH is 1. The summed E-state index contributed by atoms with van der Waals surface area (Å²) >= 11 is 0. The third-order valence-electron chi connectivity index (χ3n) is 3.94. The minimum absolute atomic E-state index is 0.0619. The number of phosphoric acid groups is 1. The summed E-state index contributed by atoms with van der Waals surface area (Å²) in [6.07, 6.45) is -4.00. The Morgan fingerprint density at radius 2 is 2.12 bits per heavy atom. The summed E-state index contributed by atoms with van der Waals surface area (Å²) in [7, 11) is -4.71. The van der Waals surface area contributed by atoms with E-state index in [2.05, 4.69) is 10.1 Å². The van der Waals surface area contributed by atoms with Crippen LogP contribution in [-0.4, -0.2) is 62.3 Å². The first kappa shape index (κ1) is 25.3. The lowest BCUT2D eigenvalue weighted by Crippen LogP contribution is -2.40. The fourth-order valence-corrected chi connectivity index (χ4v) is 3.63. The Kier molecular flexibility index (Phi) is 8.76. The molecule has 0 bridgehead atoms. The van der Waals surface area contributed by atoms with Gasteiger partial charge >= 0.3 is 14.0 Å². The van der Waals surface area contributed by atoms with Crippen LogP contribution in [0.5, 0.6) is 0 Å². The maximum absolute atomic E-state index is 12.3. The number of hydrogen-bond acceptors (Lipinski definition) is 12. The fraction of sp³-hybridized carbons (Fsp3) is 0.529. The summed E-state index contributed by atoms with van der Waals surface area (Å²) in [4.78, 5) is 25.5. The van der Waals surface area contributed by atoms with Gasteiger partial charge in [0.05, 0.1) is 18.4 Å². The second-order valence-corrected chi connectivity index (χ2v) is 7.98. The number of aliphatic hydroxyl groups is 1. The highest BCUT2D eigenvalue weighted by atomic mass is 31.2. The highest BCUT2D eigenvalue weighted by Crippen LogP contribution is 2.47. The summed E-state index contributed by atoms with van der Waals surface area (Å²) in [6, 6.07) is 2.92. The molecule has 0 aliphatic rings. The molecular weight excluding hydrogens is 449 g/mol. The number of nitrogens with two attached hydrogens (primary N) is 1. The van der Waals surface area contributed by atoms with E-state index >= 15 is 0 Å². The SMILES string of the molecule is CCOP(=O)(O)O[C@H]([C@@H](COC(=O)OC(C)C)OC#N)[C@@H](O)c1ccc2c(N)ncnn12. The molecule has 0 aliphatic heterocycles. The van der Waals surface area contributed by atoms with Gasteiger partial charge in [-0.25, -0.2) is 18.9 Å². The molecule has 4 atom stereocenters. The summed E-state index contributed by atoms with van der Waals surface area (Å²) in [6.45, 7) is 3.79. The average molecular weight is 473 g/mol. The number of carbonyl (C=O) groups excluding carboxylic acids is 1.